The van der Waals surface area contributed by atoms with Gasteiger partial charge in [0.15, 0.2) is 0 Å². The molecule has 1 fully saturated rings. The molecule has 0 saturated carbocycles. The number of hydrogen-bond acceptors (Lipinski definition) is 4. The molecule has 0 spiro atoms. The molecule has 3 rings (SSSR count). The average Bonchev–Trinajstić information content (AvgIpc) is 2.91. The summed E-state index contributed by atoms with van der Waals surface area (Å²) in [6.45, 7) is 5.16. The number of benzene rings is 2. The highest BCUT2D eigenvalue weighted by molar-refractivity contribution is 8.18. The maximum absolute atomic E-state index is 12.6. The minimum Gasteiger partial charge on any atom is -0.493 e. The van der Waals surface area contributed by atoms with Crippen LogP contribution < -0.4 is 4.74 Å². The summed E-state index contributed by atoms with van der Waals surface area (Å²) in [7, 11) is 0. The molecule has 1 heterocycles. The third kappa shape index (κ3) is 3.78. The summed E-state index contributed by atoms with van der Waals surface area (Å²) in [6.07, 6.45) is 4.59. The standard InChI is InChI=1S/C21H23NO3S/c1-3-5-13-25-18-11-10-15-8-6-7-9-16(15)17(18)14-19-20(23)22(12-4-2)21(24)26-19/h6-11,14H,3-5,12-13H2,1-2H3/b19-14-. The number of imide groups is 1. The van der Waals surface area contributed by atoms with Crippen molar-refractivity contribution in [1.82, 2.24) is 4.90 Å². The van der Waals surface area contributed by atoms with E-state index in [1.54, 1.807) is 0 Å². The van der Waals surface area contributed by atoms with Gasteiger partial charge in [0, 0.05) is 12.1 Å². The van der Waals surface area contributed by atoms with Crippen LogP contribution in [0.3, 0.4) is 0 Å². The number of carbonyl (C=O) groups is 2. The van der Waals surface area contributed by atoms with Crippen LogP contribution in [0.1, 0.15) is 38.7 Å². The Morgan fingerprint density at radius 2 is 1.88 bits per heavy atom. The number of nitrogens with zero attached hydrogens (tertiary/aromatic N) is 1. The van der Waals surface area contributed by atoms with E-state index in [4.69, 9.17) is 4.74 Å². The molecule has 0 atom stereocenters. The molecular weight excluding hydrogens is 346 g/mol. The molecule has 2 aromatic carbocycles. The van der Waals surface area contributed by atoms with Gasteiger partial charge >= 0.3 is 0 Å². The molecule has 0 aliphatic carbocycles. The molecule has 2 aromatic rings. The van der Waals surface area contributed by atoms with Gasteiger partial charge in [-0.3, -0.25) is 14.5 Å². The molecule has 1 aliphatic heterocycles. The first-order chi connectivity index (χ1) is 12.7. The van der Waals surface area contributed by atoms with Crippen LogP contribution in [0.15, 0.2) is 41.3 Å². The summed E-state index contributed by atoms with van der Waals surface area (Å²) in [6, 6.07) is 12.0. The first-order valence-electron chi connectivity index (χ1n) is 9.05. The first-order valence-corrected chi connectivity index (χ1v) is 9.87. The van der Waals surface area contributed by atoms with Gasteiger partial charge in [0.2, 0.25) is 0 Å². The van der Waals surface area contributed by atoms with Crippen LogP contribution in [0.25, 0.3) is 16.8 Å². The van der Waals surface area contributed by atoms with E-state index < -0.39 is 0 Å². The minimum absolute atomic E-state index is 0.197. The zero-order valence-corrected chi connectivity index (χ0v) is 16.0. The predicted molar refractivity (Wildman–Crippen MR) is 107 cm³/mol. The van der Waals surface area contributed by atoms with Gasteiger partial charge in [0.05, 0.1) is 11.5 Å². The van der Waals surface area contributed by atoms with Crippen molar-refractivity contribution in [2.45, 2.75) is 33.1 Å². The molecule has 1 saturated heterocycles. The van der Waals surface area contributed by atoms with Crippen LogP contribution in [0.5, 0.6) is 5.75 Å². The normalized spacial score (nSPS) is 16.1. The van der Waals surface area contributed by atoms with Gasteiger partial charge in [0.1, 0.15) is 5.75 Å². The Morgan fingerprint density at radius 3 is 2.65 bits per heavy atom. The SMILES string of the molecule is CCCCOc1ccc2ccccc2c1/C=C1\SC(=O)N(CCC)C1=O. The largest absolute Gasteiger partial charge is 0.493 e. The molecule has 0 radical (unpaired) electrons. The molecule has 0 bridgehead atoms. The van der Waals surface area contributed by atoms with Crippen molar-refractivity contribution >= 4 is 39.8 Å². The lowest BCUT2D eigenvalue weighted by Gasteiger charge is -2.12. The molecule has 5 heteroatoms. The number of thioether (sulfide) groups is 1. The van der Waals surface area contributed by atoms with Gasteiger partial charge in [-0.15, -0.1) is 0 Å². The third-order valence-corrected chi connectivity index (χ3v) is 5.19. The monoisotopic (exact) mass is 369 g/mol. The zero-order valence-electron chi connectivity index (χ0n) is 15.2. The zero-order chi connectivity index (χ0) is 18.5. The number of carbonyl (C=O) groups excluding carboxylic acids is 2. The Bertz CT molecular complexity index is 859. The molecule has 0 unspecified atom stereocenters. The fourth-order valence-corrected chi connectivity index (χ4v) is 3.77. The predicted octanol–water partition coefficient (Wildman–Crippen LogP) is 5.47. The van der Waals surface area contributed by atoms with E-state index in [1.807, 2.05) is 49.4 Å². The van der Waals surface area contributed by atoms with Crippen molar-refractivity contribution in [2.24, 2.45) is 0 Å². The van der Waals surface area contributed by atoms with E-state index in [0.29, 0.717) is 18.1 Å². The highest BCUT2D eigenvalue weighted by Crippen LogP contribution is 2.36. The van der Waals surface area contributed by atoms with Crippen molar-refractivity contribution in [2.75, 3.05) is 13.2 Å². The van der Waals surface area contributed by atoms with E-state index in [9.17, 15) is 9.59 Å². The number of rotatable bonds is 7. The fraction of sp³-hybridized carbons (Fsp3) is 0.333. The van der Waals surface area contributed by atoms with Crippen LogP contribution >= 0.6 is 11.8 Å². The second-order valence-corrected chi connectivity index (χ2v) is 7.23. The molecule has 136 valence electrons. The summed E-state index contributed by atoms with van der Waals surface area (Å²) >= 11 is 1.01. The van der Waals surface area contributed by atoms with Gasteiger partial charge in [-0.05, 0) is 47.5 Å². The van der Waals surface area contributed by atoms with Gasteiger partial charge < -0.3 is 4.74 Å². The molecule has 26 heavy (non-hydrogen) atoms. The lowest BCUT2D eigenvalue weighted by Crippen LogP contribution is -2.28. The van der Waals surface area contributed by atoms with Crippen molar-refractivity contribution in [3.63, 3.8) is 0 Å². The van der Waals surface area contributed by atoms with Crippen molar-refractivity contribution < 1.29 is 14.3 Å². The summed E-state index contributed by atoms with van der Waals surface area (Å²) < 4.78 is 5.97. The van der Waals surface area contributed by atoms with Crippen molar-refractivity contribution in [1.29, 1.82) is 0 Å². The Hall–Kier alpha value is -2.27. The number of hydrogen-bond donors (Lipinski definition) is 0. The van der Waals surface area contributed by atoms with E-state index in [2.05, 4.69) is 6.92 Å². The summed E-state index contributed by atoms with van der Waals surface area (Å²) in [4.78, 5) is 26.5. The highest BCUT2D eigenvalue weighted by Gasteiger charge is 2.34. The van der Waals surface area contributed by atoms with E-state index >= 15 is 0 Å². The average molecular weight is 369 g/mol. The Labute approximate surface area is 158 Å². The smallest absolute Gasteiger partial charge is 0.293 e. The molecule has 1 aliphatic rings. The van der Waals surface area contributed by atoms with Crippen molar-refractivity contribution in [3.05, 3.63) is 46.9 Å². The van der Waals surface area contributed by atoms with Crippen LogP contribution in [0.4, 0.5) is 4.79 Å². The molecule has 0 N–H and O–H groups in total. The number of amides is 2. The lowest BCUT2D eigenvalue weighted by molar-refractivity contribution is -0.122. The Morgan fingerprint density at radius 1 is 1.08 bits per heavy atom. The second-order valence-electron chi connectivity index (χ2n) is 6.23. The quantitative estimate of drug-likeness (QED) is 0.480. The molecule has 4 nitrogen and oxygen atoms in total. The van der Waals surface area contributed by atoms with Crippen LogP contribution in [0.2, 0.25) is 0 Å². The number of ether oxygens (including phenoxy) is 1. The molecule has 2 amide bonds. The highest BCUT2D eigenvalue weighted by atomic mass is 32.2. The molecular formula is C21H23NO3S. The van der Waals surface area contributed by atoms with Gasteiger partial charge in [-0.1, -0.05) is 50.6 Å². The minimum atomic E-state index is -0.214. The third-order valence-electron chi connectivity index (χ3n) is 4.28. The lowest BCUT2D eigenvalue weighted by atomic mass is 10.0. The summed E-state index contributed by atoms with van der Waals surface area (Å²) in [5, 5.41) is 1.90. The number of unbranched alkanes of at least 4 members (excludes halogenated alkanes) is 1. The van der Waals surface area contributed by atoms with Crippen LogP contribution in [-0.4, -0.2) is 29.2 Å². The Kier molecular flexibility index (Phi) is 5.99. The maximum Gasteiger partial charge on any atom is 0.293 e. The van der Waals surface area contributed by atoms with E-state index in [-0.39, 0.29) is 11.1 Å². The van der Waals surface area contributed by atoms with E-state index in [1.165, 1.54) is 4.90 Å². The topological polar surface area (TPSA) is 46.6 Å². The first kappa shape index (κ1) is 18.5. The van der Waals surface area contributed by atoms with Crippen LogP contribution in [0, 0.1) is 0 Å². The maximum atomic E-state index is 12.6. The van der Waals surface area contributed by atoms with Gasteiger partial charge in [-0.2, -0.15) is 0 Å². The fourth-order valence-electron chi connectivity index (χ4n) is 2.92. The van der Waals surface area contributed by atoms with Crippen LogP contribution in [-0.2, 0) is 4.79 Å². The summed E-state index contributed by atoms with van der Waals surface area (Å²) in [5.74, 6) is 0.536. The Balaban J connectivity index is 2.03. The van der Waals surface area contributed by atoms with Gasteiger partial charge in [-0.25, -0.2) is 0 Å². The van der Waals surface area contributed by atoms with Gasteiger partial charge in [0.25, 0.3) is 11.1 Å². The second kappa shape index (κ2) is 8.41. The molecule has 0 aromatic heterocycles. The van der Waals surface area contributed by atoms with Crippen molar-refractivity contribution in [3.8, 4) is 5.75 Å². The van der Waals surface area contributed by atoms with E-state index in [0.717, 1.165) is 53.1 Å². The number of fused-ring (bicyclic) bond motifs is 1. The summed E-state index contributed by atoms with van der Waals surface area (Å²) in [5.41, 5.74) is 0.862.